The lowest BCUT2D eigenvalue weighted by Crippen LogP contribution is -2.31. The Kier molecular flexibility index (Phi) is 5.22. The van der Waals surface area contributed by atoms with E-state index in [4.69, 9.17) is 9.47 Å². The van der Waals surface area contributed by atoms with E-state index in [9.17, 15) is 4.79 Å². The van der Waals surface area contributed by atoms with Gasteiger partial charge in [-0.1, -0.05) is 6.07 Å². The molecule has 5 nitrogen and oxygen atoms in total. The Bertz CT molecular complexity index is 728. The van der Waals surface area contributed by atoms with Gasteiger partial charge in [-0.05, 0) is 51.1 Å². The molecule has 0 bridgehead atoms. The highest BCUT2D eigenvalue weighted by molar-refractivity contribution is 5.94. The molecule has 1 aromatic carbocycles. The van der Waals surface area contributed by atoms with Crippen molar-refractivity contribution in [1.29, 1.82) is 0 Å². The van der Waals surface area contributed by atoms with Crippen LogP contribution in [0, 0.1) is 6.92 Å². The van der Waals surface area contributed by atoms with Gasteiger partial charge < -0.3 is 14.4 Å². The molecule has 0 saturated carbocycles. The molecule has 25 heavy (non-hydrogen) atoms. The summed E-state index contributed by atoms with van der Waals surface area (Å²) in [5.41, 5.74) is 1.59. The topological polar surface area (TPSA) is 51.7 Å². The second kappa shape index (κ2) is 7.55. The number of pyridine rings is 1. The van der Waals surface area contributed by atoms with Gasteiger partial charge in [-0.2, -0.15) is 0 Å². The minimum Gasteiger partial charge on any atom is -0.491 e. The Morgan fingerprint density at radius 1 is 1.20 bits per heavy atom. The summed E-state index contributed by atoms with van der Waals surface area (Å²) in [6.45, 7) is 7.17. The maximum absolute atomic E-state index is 12.6. The molecule has 1 saturated heterocycles. The molecule has 3 rings (SSSR count). The molecule has 0 N–H and O–H groups in total. The largest absolute Gasteiger partial charge is 0.491 e. The fourth-order valence-corrected chi connectivity index (χ4v) is 2.89. The SMILES string of the molecule is Cc1cccc(OC2CCN(C(=O)c3ccc(OC(C)C)cc3)C2)n1. The summed E-state index contributed by atoms with van der Waals surface area (Å²) in [6.07, 6.45) is 0.922. The standard InChI is InChI=1S/C20H24N2O3/c1-14(2)24-17-9-7-16(8-10-17)20(23)22-12-11-18(13-22)25-19-6-4-5-15(3)21-19/h4-10,14,18H,11-13H2,1-3H3. The molecule has 2 aromatic rings. The van der Waals surface area contributed by atoms with Crippen LogP contribution in [0.2, 0.25) is 0 Å². The lowest BCUT2D eigenvalue weighted by atomic mass is 10.2. The van der Waals surface area contributed by atoms with Gasteiger partial charge in [0.25, 0.3) is 5.91 Å². The van der Waals surface area contributed by atoms with Crippen LogP contribution in [0.25, 0.3) is 0 Å². The molecule has 2 heterocycles. The molecular formula is C20H24N2O3. The molecule has 1 atom stereocenters. The number of rotatable bonds is 5. The minimum absolute atomic E-state index is 0.0122. The predicted molar refractivity (Wildman–Crippen MR) is 96.1 cm³/mol. The Morgan fingerprint density at radius 2 is 1.96 bits per heavy atom. The fraction of sp³-hybridized carbons (Fsp3) is 0.400. The van der Waals surface area contributed by atoms with Gasteiger partial charge in [-0.15, -0.1) is 0 Å². The fourth-order valence-electron chi connectivity index (χ4n) is 2.89. The molecule has 1 aliphatic heterocycles. The van der Waals surface area contributed by atoms with Crippen molar-refractivity contribution >= 4 is 5.91 Å². The van der Waals surface area contributed by atoms with E-state index in [1.165, 1.54) is 0 Å². The van der Waals surface area contributed by atoms with E-state index in [0.29, 0.717) is 24.5 Å². The molecule has 1 aliphatic rings. The first-order valence-corrected chi connectivity index (χ1v) is 8.67. The second-order valence-electron chi connectivity index (χ2n) is 6.59. The number of hydrogen-bond donors (Lipinski definition) is 0. The normalized spacial score (nSPS) is 17.0. The van der Waals surface area contributed by atoms with E-state index < -0.39 is 0 Å². The molecule has 1 amide bonds. The van der Waals surface area contributed by atoms with Crippen LogP contribution in [0.15, 0.2) is 42.5 Å². The Morgan fingerprint density at radius 3 is 2.64 bits per heavy atom. The summed E-state index contributed by atoms with van der Waals surface area (Å²) in [6, 6.07) is 13.0. The number of aryl methyl sites for hydroxylation is 1. The van der Waals surface area contributed by atoms with Gasteiger partial charge in [0, 0.05) is 30.3 Å². The van der Waals surface area contributed by atoms with Crippen molar-refractivity contribution in [1.82, 2.24) is 9.88 Å². The van der Waals surface area contributed by atoms with Crippen molar-refractivity contribution in [2.75, 3.05) is 13.1 Å². The molecule has 132 valence electrons. The Balaban J connectivity index is 1.58. The van der Waals surface area contributed by atoms with Crippen LogP contribution in [0.5, 0.6) is 11.6 Å². The van der Waals surface area contributed by atoms with Gasteiger partial charge in [0.05, 0.1) is 12.6 Å². The molecule has 5 heteroatoms. The van der Waals surface area contributed by atoms with Crippen molar-refractivity contribution in [2.45, 2.75) is 39.4 Å². The smallest absolute Gasteiger partial charge is 0.253 e. The number of nitrogens with zero attached hydrogens (tertiary/aromatic N) is 2. The number of carbonyl (C=O) groups excluding carboxylic acids is 1. The Labute approximate surface area is 148 Å². The molecular weight excluding hydrogens is 316 g/mol. The monoisotopic (exact) mass is 340 g/mol. The van der Waals surface area contributed by atoms with Gasteiger partial charge in [0.2, 0.25) is 5.88 Å². The third-order valence-electron chi connectivity index (χ3n) is 4.06. The van der Waals surface area contributed by atoms with Crippen LogP contribution < -0.4 is 9.47 Å². The highest BCUT2D eigenvalue weighted by Crippen LogP contribution is 2.20. The zero-order chi connectivity index (χ0) is 17.8. The number of likely N-dealkylation sites (tertiary alicyclic amines) is 1. The first-order valence-electron chi connectivity index (χ1n) is 8.67. The number of ether oxygens (including phenoxy) is 2. The van der Waals surface area contributed by atoms with Gasteiger partial charge in [0.1, 0.15) is 11.9 Å². The number of carbonyl (C=O) groups is 1. The molecule has 0 spiro atoms. The summed E-state index contributed by atoms with van der Waals surface area (Å²) < 4.78 is 11.5. The van der Waals surface area contributed by atoms with Crippen molar-refractivity contribution in [3.63, 3.8) is 0 Å². The number of benzene rings is 1. The van der Waals surface area contributed by atoms with E-state index in [0.717, 1.165) is 17.9 Å². The molecule has 0 radical (unpaired) electrons. The lowest BCUT2D eigenvalue weighted by molar-refractivity contribution is 0.0771. The van der Waals surface area contributed by atoms with Crippen LogP contribution >= 0.6 is 0 Å². The summed E-state index contributed by atoms with van der Waals surface area (Å²) in [5.74, 6) is 1.42. The highest BCUT2D eigenvalue weighted by Gasteiger charge is 2.28. The molecule has 0 aliphatic carbocycles. The number of aromatic nitrogens is 1. The van der Waals surface area contributed by atoms with Crippen molar-refractivity contribution in [3.8, 4) is 11.6 Å². The van der Waals surface area contributed by atoms with Crippen molar-refractivity contribution < 1.29 is 14.3 Å². The van der Waals surface area contributed by atoms with Crippen LogP contribution in [-0.2, 0) is 0 Å². The highest BCUT2D eigenvalue weighted by atomic mass is 16.5. The summed E-state index contributed by atoms with van der Waals surface area (Å²) in [4.78, 5) is 18.8. The van der Waals surface area contributed by atoms with Gasteiger partial charge in [-0.25, -0.2) is 4.98 Å². The van der Waals surface area contributed by atoms with E-state index in [-0.39, 0.29) is 18.1 Å². The molecule has 1 unspecified atom stereocenters. The van der Waals surface area contributed by atoms with Gasteiger partial charge >= 0.3 is 0 Å². The van der Waals surface area contributed by atoms with E-state index in [1.54, 1.807) is 0 Å². The predicted octanol–water partition coefficient (Wildman–Crippen LogP) is 3.47. The molecule has 1 fully saturated rings. The lowest BCUT2D eigenvalue weighted by Gasteiger charge is -2.17. The Hall–Kier alpha value is -2.56. The van der Waals surface area contributed by atoms with Crippen LogP contribution in [0.1, 0.15) is 36.3 Å². The first-order chi connectivity index (χ1) is 12.0. The summed E-state index contributed by atoms with van der Waals surface area (Å²) >= 11 is 0. The summed E-state index contributed by atoms with van der Waals surface area (Å²) in [5, 5.41) is 0. The number of hydrogen-bond acceptors (Lipinski definition) is 4. The van der Waals surface area contributed by atoms with Crippen molar-refractivity contribution in [3.05, 3.63) is 53.7 Å². The first kappa shape index (κ1) is 17.3. The molecule has 1 aromatic heterocycles. The van der Waals surface area contributed by atoms with Crippen LogP contribution in [0.4, 0.5) is 0 Å². The van der Waals surface area contributed by atoms with E-state index in [2.05, 4.69) is 4.98 Å². The van der Waals surface area contributed by atoms with Gasteiger partial charge in [0.15, 0.2) is 0 Å². The maximum Gasteiger partial charge on any atom is 0.253 e. The third kappa shape index (κ3) is 4.50. The van der Waals surface area contributed by atoms with E-state index >= 15 is 0 Å². The minimum atomic E-state index is -0.0122. The zero-order valence-corrected chi connectivity index (χ0v) is 14.9. The number of amides is 1. The van der Waals surface area contributed by atoms with Gasteiger partial charge in [-0.3, -0.25) is 4.79 Å². The average molecular weight is 340 g/mol. The third-order valence-corrected chi connectivity index (χ3v) is 4.06. The quantitative estimate of drug-likeness (QED) is 0.836. The zero-order valence-electron chi connectivity index (χ0n) is 14.9. The second-order valence-corrected chi connectivity index (χ2v) is 6.59. The van der Waals surface area contributed by atoms with E-state index in [1.807, 2.05) is 68.1 Å². The average Bonchev–Trinajstić information content (AvgIpc) is 3.03. The van der Waals surface area contributed by atoms with Crippen molar-refractivity contribution in [2.24, 2.45) is 0 Å². The summed E-state index contributed by atoms with van der Waals surface area (Å²) in [7, 11) is 0. The maximum atomic E-state index is 12.6. The van der Waals surface area contributed by atoms with Crippen LogP contribution in [-0.4, -0.2) is 41.1 Å². The van der Waals surface area contributed by atoms with Crippen LogP contribution in [0.3, 0.4) is 0 Å².